The number of aliphatic imine (C=N–C) groups is 1. The van der Waals surface area contributed by atoms with Gasteiger partial charge in [0.2, 0.25) is 5.75 Å². The summed E-state index contributed by atoms with van der Waals surface area (Å²) in [4.78, 5) is 4.30. The van der Waals surface area contributed by atoms with Gasteiger partial charge in [0.25, 0.3) is 0 Å². The Kier molecular flexibility index (Phi) is 10.3. The van der Waals surface area contributed by atoms with Gasteiger partial charge < -0.3 is 34.3 Å². The van der Waals surface area contributed by atoms with E-state index in [9.17, 15) is 0 Å². The van der Waals surface area contributed by atoms with Crippen LogP contribution in [0.4, 0.5) is 0 Å². The van der Waals surface area contributed by atoms with Crippen LogP contribution in [-0.4, -0.2) is 54.6 Å². The van der Waals surface area contributed by atoms with Gasteiger partial charge in [-0.1, -0.05) is 6.07 Å². The summed E-state index contributed by atoms with van der Waals surface area (Å²) in [6.45, 7) is 3.92. The van der Waals surface area contributed by atoms with Gasteiger partial charge in [-0.25, -0.2) is 0 Å². The molecular formula is C24H35N3O5. The van der Waals surface area contributed by atoms with Crippen LogP contribution in [0.3, 0.4) is 0 Å². The van der Waals surface area contributed by atoms with Gasteiger partial charge in [-0.2, -0.15) is 0 Å². The second-order valence-electron chi connectivity index (χ2n) is 6.91. The molecule has 0 amide bonds. The third-order valence-electron chi connectivity index (χ3n) is 4.87. The van der Waals surface area contributed by atoms with Crippen molar-refractivity contribution < 1.29 is 23.7 Å². The van der Waals surface area contributed by atoms with Gasteiger partial charge in [0, 0.05) is 20.1 Å². The van der Waals surface area contributed by atoms with E-state index >= 15 is 0 Å². The highest BCUT2D eigenvalue weighted by Gasteiger charge is 2.13. The summed E-state index contributed by atoms with van der Waals surface area (Å²) in [6, 6.07) is 9.90. The Morgan fingerprint density at radius 2 is 1.47 bits per heavy atom. The molecule has 0 bridgehead atoms. The predicted octanol–water partition coefficient (Wildman–Crippen LogP) is 3.42. The molecule has 0 aliphatic carbocycles. The summed E-state index contributed by atoms with van der Waals surface area (Å²) in [5.41, 5.74) is 2.19. The Balaban J connectivity index is 1.87. The van der Waals surface area contributed by atoms with E-state index in [1.54, 1.807) is 35.5 Å². The van der Waals surface area contributed by atoms with Gasteiger partial charge in [-0.15, -0.1) is 0 Å². The van der Waals surface area contributed by atoms with Crippen molar-refractivity contribution in [2.75, 3.05) is 48.6 Å². The van der Waals surface area contributed by atoms with Crippen molar-refractivity contribution in [3.05, 3.63) is 41.5 Å². The van der Waals surface area contributed by atoms with E-state index in [2.05, 4.69) is 21.7 Å². The molecule has 0 aliphatic heterocycles. The first-order chi connectivity index (χ1) is 15.6. The highest BCUT2D eigenvalue weighted by molar-refractivity contribution is 5.79. The summed E-state index contributed by atoms with van der Waals surface area (Å²) in [7, 11) is 8.21. The molecule has 0 atom stereocenters. The number of rotatable bonds is 12. The monoisotopic (exact) mass is 445 g/mol. The van der Waals surface area contributed by atoms with Gasteiger partial charge in [0.05, 0.1) is 35.0 Å². The lowest BCUT2D eigenvalue weighted by atomic mass is 10.1. The molecule has 2 N–H and O–H groups in total. The number of nitrogens with zero attached hydrogens (tertiary/aromatic N) is 1. The molecule has 32 heavy (non-hydrogen) atoms. The summed E-state index contributed by atoms with van der Waals surface area (Å²) in [5, 5.41) is 6.66. The van der Waals surface area contributed by atoms with Crippen molar-refractivity contribution in [2.24, 2.45) is 4.99 Å². The third-order valence-corrected chi connectivity index (χ3v) is 4.87. The molecule has 0 saturated heterocycles. The van der Waals surface area contributed by atoms with Crippen LogP contribution in [0.25, 0.3) is 0 Å². The number of nitrogens with one attached hydrogen (secondary N) is 2. The van der Waals surface area contributed by atoms with E-state index in [4.69, 9.17) is 23.7 Å². The highest BCUT2D eigenvalue weighted by atomic mass is 16.5. The quantitative estimate of drug-likeness (QED) is 0.294. The molecule has 0 unspecified atom stereocenters. The van der Waals surface area contributed by atoms with Crippen molar-refractivity contribution in [2.45, 2.75) is 26.3 Å². The van der Waals surface area contributed by atoms with Gasteiger partial charge >= 0.3 is 0 Å². The normalized spacial score (nSPS) is 11.0. The predicted molar refractivity (Wildman–Crippen MR) is 127 cm³/mol. The molecule has 2 aromatic carbocycles. The van der Waals surface area contributed by atoms with Crippen LogP contribution >= 0.6 is 0 Å². The van der Waals surface area contributed by atoms with E-state index in [1.165, 1.54) is 5.56 Å². The number of aryl methyl sites for hydroxylation is 1. The summed E-state index contributed by atoms with van der Waals surface area (Å²) in [5.74, 6) is 4.08. The third kappa shape index (κ3) is 6.87. The van der Waals surface area contributed by atoms with Gasteiger partial charge in [-0.05, 0) is 55.2 Å². The maximum Gasteiger partial charge on any atom is 0.203 e. The zero-order valence-electron chi connectivity index (χ0n) is 19.9. The molecular weight excluding hydrogens is 410 g/mol. The number of hydrogen-bond donors (Lipinski definition) is 2. The lowest BCUT2D eigenvalue weighted by Gasteiger charge is -2.16. The van der Waals surface area contributed by atoms with Gasteiger partial charge in [0.15, 0.2) is 29.0 Å². The average Bonchev–Trinajstić information content (AvgIpc) is 2.83. The lowest BCUT2D eigenvalue weighted by Crippen LogP contribution is -2.37. The Morgan fingerprint density at radius 3 is 2.03 bits per heavy atom. The number of methoxy groups -OCH3 is 4. The maximum absolute atomic E-state index is 5.66. The van der Waals surface area contributed by atoms with Gasteiger partial charge in [-0.3, -0.25) is 4.99 Å². The van der Waals surface area contributed by atoms with Crippen LogP contribution < -0.4 is 34.3 Å². The summed E-state index contributed by atoms with van der Waals surface area (Å²) >= 11 is 0. The molecule has 0 radical (unpaired) electrons. The number of ether oxygens (including phenoxy) is 5. The summed E-state index contributed by atoms with van der Waals surface area (Å²) in [6.07, 6.45) is 1.86. The molecule has 0 fully saturated rings. The van der Waals surface area contributed by atoms with E-state index < -0.39 is 0 Å². The lowest BCUT2D eigenvalue weighted by molar-refractivity contribution is 0.310. The molecule has 0 aliphatic rings. The Bertz CT molecular complexity index is 861. The first kappa shape index (κ1) is 25.0. The standard InChI is InChI=1S/C24H35N3O5/c1-7-32-20-13-17(10-11-19(20)28-3)9-8-12-26-24(25-2)27-16-18-14-21(29-4)23(31-6)22(15-18)30-5/h10-11,13-15H,7-9,12,16H2,1-6H3,(H2,25,26,27). The van der Waals surface area contributed by atoms with Crippen LogP contribution in [-0.2, 0) is 13.0 Å². The second kappa shape index (κ2) is 13.2. The summed E-state index contributed by atoms with van der Waals surface area (Å²) < 4.78 is 27.2. The highest BCUT2D eigenvalue weighted by Crippen LogP contribution is 2.38. The number of guanidine groups is 1. The van der Waals surface area contributed by atoms with Crippen molar-refractivity contribution in [3.63, 3.8) is 0 Å². The molecule has 0 aromatic heterocycles. The largest absolute Gasteiger partial charge is 0.493 e. The molecule has 0 spiro atoms. The SMILES string of the molecule is CCOc1cc(CCCNC(=NC)NCc2cc(OC)c(OC)c(OC)c2)ccc1OC. The van der Waals surface area contributed by atoms with Crippen LogP contribution in [0, 0.1) is 0 Å². The fraction of sp³-hybridized carbons (Fsp3) is 0.458. The van der Waals surface area contributed by atoms with E-state index in [-0.39, 0.29) is 0 Å². The average molecular weight is 446 g/mol. The Morgan fingerprint density at radius 1 is 0.812 bits per heavy atom. The molecule has 176 valence electrons. The molecule has 2 rings (SSSR count). The van der Waals surface area contributed by atoms with Crippen LogP contribution in [0.15, 0.2) is 35.3 Å². The topological polar surface area (TPSA) is 82.6 Å². The fourth-order valence-corrected chi connectivity index (χ4v) is 3.29. The van der Waals surface area contributed by atoms with Crippen molar-refractivity contribution in [1.29, 1.82) is 0 Å². The van der Waals surface area contributed by atoms with Crippen LogP contribution in [0.2, 0.25) is 0 Å². The molecule has 8 nitrogen and oxygen atoms in total. The first-order valence-corrected chi connectivity index (χ1v) is 10.6. The van der Waals surface area contributed by atoms with Crippen molar-refractivity contribution >= 4 is 5.96 Å². The minimum atomic E-state index is 0.562. The molecule has 0 saturated carbocycles. The van der Waals surface area contributed by atoms with Crippen molar-refractivity contribution in [3.8, 4) is 28.7 Å². The van der Waals surface area contributed by atoms with Crippen LogP contribution in [0.5, 0.6) is 28.7 Å². The Hall–Kier alpha value is -3.29. The van der Waals surface area contributed by atoms with E-state index in [1.807, 2.05) is 31.2 Å². The molecule has 0 heterocycles. The van der Waals surface area contributed by atoms with Crippen molar-refractivity contribution in [1.82, 2.24) is 10.6 Å². The zero-order chi connectivity index (χ0) is 23.3. The molecule has 2 aromatic rings. The van der Waals surface area contributed by atoms with Crippen LogP contribution in [0.1, 0.15) is 24.5 Å². The first-order valence-electron chi connectivity index (χ1n) is 10.6. The van der Waals surface area contributed by atoms with E-state index in [0.29, 0.717) is 30.4 Å². The number of benzene rings is 2. The minimum absolute atomic E-state index is 0.562. The number of hydrogen-bond acceptors (Lipinski definition) is 6. The van der Waals surface area contributed by atoms with Gasteiger partial charge in [0.1, 0.15) is 0 Å². The van der Waals surface area contributed by atoms with E-state index in [0.717, 1.165) is 42.4 Å². The fourth-order valence-electron chi connectivity index (χ4n) is 3.29. The minimum Gasteiger partial charge on any atom is -0.493 e. The second-order valence-corrected chi connectivity index (χ2v) is 6.91. The Labute approximate surface area is 190 Å². The zero-order valence-corrected chi connectivity index (χ0v) is 19.9. The smallest absolute Gasteiger partial charge is 0.203 e. The maximum atomic E-state index is 5.66. The molecule has 8 heteroatoms.